The number of hydrogen-bond donors (Lipinski definition) is 3. The molecule has 0 aromatic rings. The van der Waals surface area contributed by atoms with Crippen LogP contribution in [0.4, 0.5) is 4.79 Å². The molecule has 118 valence electrons. The normalized spacial score (nSPS) is 13.9. The topological polar surface area (TPSA) is 101 Å². The minimum atomic E-state index is -0.670. The highest BCUT2D eigenvalue weighted by Gasteiger charge is 2.23. The molecule has 0 bridgehead atoms. The van der Waals surface area contributed by atoms with Crippen molar-refractivity contribution < 1.29 is 9.59 Å². The van der Waals surface area contributed by atoms with Gasteiger partial charge in [-0.05, 0) is 30.8 Å². The van der Waals surface area contributed by atoms with Gasteiger partial charge >= 0.3 is 6.03 Å². The lowest BCUT2D eigenvalue weighted by atomic mass is 10.0. The van der Waals surface area contributed by atoms with Crippen LogP contribution >= 0.6 is 11.8 Å². The van der Waals surface area contributed by atoms with Gasteiger partial charge in [-0.3, -0.25) is 4.79 Å². The lowest BCUT2D eigenvalue weighted by Crippen LogP contribution is -2.50. The van der Waals surface area contributed by atoms with Gasteiger partial charge < -0.3 is 21.7 Å². The molecule has 0 aromatic carbocycles. The number of thioether (sulfide) groups is 1. The number of rotatable bonds is 9. The van der Waals surface area contributed by atoms with E-state index in [9.17, 15) is 9.59 Å². The van der Waals surface area contributed by atoms with Gasteiger partial charge in [-0.25, -0.2) is 4.79 Å². The Labute approximate surface area is 126 Å². The maximum absolute atomic E-state index is 12.3. The van der Waals surface area contributed by atoms with Gasteiger partial charge in [0, 0.05) is 19.6 Å². The Hall–Kier alpha value is -0.950. The van der Waals surface area contributed by atoms with E-state index >= 15 is 0 Å². The fraction of sp³-hybridized carbons (Fsp3) is 0.846. The summed E-state index contributed by atoms with van der Waals surface area (Å²) in [5.74, 6) is 1.05. The number of nitrogens with one attached hydrogen (secondary N) is 1. The van der Waals surface area contributed by atoms with Crippen LogP contribution in [0.15, 0.2) is 0 Å². The van der Waals surface area contributed by atoms with E-state index in [1.165, 1.54) is 0 Å². The molecule has 0 radical (unpaired) electrons. The zero-order chi connectivity index (χ0) is 15.7. The van der Waals surface area contributed by atoms with Crippen LogP contribution in [0.2, 0.25) is 0 Å². The smallest absolute Gasteiger partial charge is 0.312 e. The van der Waals surface area contributed by atoms with Gasteiger partial charge in [-0.15, -0.1) is 0 Å². The molecule has 0 saturated heterocycles. The first-order valence-corrected chi connectivity index (χ1v) is 8.24. The summed E-state index contributed by atoms with van der Waals surface area (Å²) in [7, 11) is 1.73. The number of urea groups is 1. The zero-order valence-corrected chi connectivity index (χ0v) is 13.7. The highest BCUT2D eigenvalue weighted by atomic mass is 32.2. The number of nitrogens with two attached hydrogens (primary N) is 2. The van der Waals surface area contributed by atoms with Crippen LogP contribution < -0.4 is 16.8 Å². The number of carbonyl (C=O) groups excluding carboxylic acids is 2. The molecule has 0 aromatic heterocycles. The first-order valence-electron chi connectivity index (χ1n) is 6.85. The van der Waals surface area contributed by atoms with Gasteiger partial charge in [0.25, 0.3) is 0 Å². The first-order chi connectivity index (χ1) is 9.29. The summed E-state index contributed by atoms with van der Waals surface area (Å²) < 4.78 is 0. The van der Waals surface area contributed by atoms with Crippen LogP contribution in [-0.4, -0.2) is 54.5 Å². The van der Waals surface area contributed by atoms with E-state index in [0.717, 1.165) is 12.2 Å². The standard InChI is InChI=1S/C13H28N4O2S/c1-9(2)10(14)5-7-17(3)12(18)11(6-8-20-4)16-13(15)19/h9-11H,5-8,14H2,1-4H3,(H3,15,16,19). The van der Waals surface area contributed by atoms with Crippen molar-refractivity contribution in [2.45, 2.75) is 38.8 Å². The molecule has 0 aliphatic rings. The molecule has 3 amide bonds. The Morgan fingerprint density at radius 3 is 2.35 bits per heavy atom. The predicted molar refractivity (Wildman–Crippen MR) is 84.6 cm³/mol. The number of nitrogens with zero attached hydrogens (tertiary/aromatic N) is 1. The van der Waals surface area contributed by atoms with E-state index < -0.39 is 12.1 Å². The summed E-state index contributed by atoms with van der Waals surface area (Å²) in [4.78, 5) is 24.9. The lowest BCUT2D eigenvalue weighted by Gasteiger charge is -2.25. The number of carbonyl (C=O) groups is 2. The molecular weight excluding hydrogens is 276 g/mol. The highest BCUT2D eigenvalue weighted by Crippen LogP contribution is 2.07. The molecule has 0 rings (SSSR count). The second-order valence-corrected chi connectivity index (χ2v) is 6.28. The van der Waals surface area contributed by atoms with E-state index in [1.807, 2.05) is 6.26 Å². The average molecular weight is 304 g/mol. The fourth-order valence-corrected chi connectivity index (χ4v) is 2.19. The van der Waals surface area contributed by atoms with Crippen LogP contribution in [0, 0.1) is 5.92 Å². The molecule has 2 unspecified atom stereocenters. The molecule has 7 heteroatoms. The van der Waals surface area contributed by atoms with Gasteiger partial charge in [0.1, 0.15) is 6.04 Å². The summed E-state index contributed by atoms with van der Waals surface area (Å²) in [6.07, 6.45) is 3.27. The maximum Gasteiger partial charge on any atom is 0.312 e. The Morgan fingerprint density at radius 1 is 1.30 bits per heavy atom. The molecule has 2 atom stereocenters. The van der Waals surface area contributed by atoms with Gasteiger partial charge in [-0.2, -0.15) is 11.8 Å². The molecule has 0 heterocycles. The van der Waals surface area contributed by atoms with E-state index in [4.69, 9.17) is 11.5 Å². The van der Waals surface area contributed by atoms with Crippen LogP contribution in [0.25, 0.3) is 0 Å². The largest absolute Gasteiger partial charge is 0.352 e. The maximum atomic E-state index is 12.3. The van der Waals surface area contributed by atoms with Crippen molar-refractivity contribution in [1.29, 1.82) is 0 Å². The van der Waals surface area contributed by atoms with Crippen molar-refractivity contribution in [3.63, 3.8) is 0 Å². The lowest BCUT2D eigenvalue weighted by molar-refractivity contribution is -0.132. The SMILES string of the molecule is CSCCC(NC(N)=O)C(=O)N(C)CCC(N)C(C)C. The average Bonchev–Trinajstić information content (AvgIpc) is 2.38. The molecule has 0 fully saturated rings. The van der Waals surface area contributed by atoms with E-state index in [2.05, 4.69) is 19.2 Å². The summed E-state index contributed by atoms with van der Waals surface area (Å²) in [5, 5.41) is 2.51. The zero-order valence-electron chi connectivity index (χ0n) is 12.9. The van der Waals surface area contributed by atoms with Gasteiger partial charge in [0.05, 0.1) is 0 Å². The number of primary amides is 1. The minimum absolute atomic E-state index is 0.0685. The summed E-state index contributed by atoms with van der Waals surface area (Å²) >= 11 is 1.63. The molecular formula is C13H28N4O2S. The molecule has 6 nitrogen and oxygen atoms in total. The van der Waals surface area contributed by atoms with Crippen LogP contribution in [0.1, 0.15) is 26.7 Å². The molecule has 0 aliphatic heterocycles. The molecule has 0 spiro atoms. The summed E-state index contributed by atoms with van der Waals surface area (Å²) in [6, 6.07) is -1.16. The quantitative estimate of drug-likeness (QED) is 0.581. The van der Waals surface area contributed by atoms with Crippen molar-refractivity contribution in [1.82, 2.24) is 10.2 Å². The summed E-state index contributed by atoms with van der Waals surface area (Å²) in [6.45, 7) is 4.69. The van der Waals surface area contributed by atoms with Crippen molar-refractivity contribution in [3.8, 4) is 0 Å². The summed E-state index contributed by atoms with van der Waals surface area (Å²) in [5.41, 5.74) is 11.1. The number of likely N-dealkylation sites (N-methyl/N-ethyl adjacent to an activating group) is 1. The fourth-order valence-electron chi connectivity index (χ4n) is 1.72. The van der Waals surface area contributed by atoms with E-state index in [-0.39, 0.29) is 11.9 Å². The number of hydrogen-bond acceptors (Lipinski definition) is 4. The second kappa shape index (κ2) is 9.88. The Kier molecular flexibility index (Phi) is 9.41. The van der Waals surface area contributed by atoms with Crippen molar-refractivity contribution in [3.05, 3.63) is 0 Å². The minimum Gasteiger partial charge on any atom is -0.352 e. The van der Waals surface area contributed by atoms with Crippen molar-refractivity contribution in [2.24, 2.45) is 17.4 Å². The third-order valence-electron chi connectivity index (χ3n) is 3.26. The van der Waals surface area contributed by atoms with Gasteiger partial charge in [0.15, 0.2) is 0 Å². The van der Waals surface area contributed by atoms with E-state index in [0.29, 0.717) is 18.9 Å². The molecule has 20 heavy (non-hydrogen) atoms. The van der Waals surface area contributed by atoms with Crippen LogP contribution in [-0.2, 0) is 4.79 Å². The molecule has 0 saturated carbocycles. The molecule has 5 N–H and O–H groups in total. The third-order valence-corrected chi connectivity index (χ3v) is 3.90. The van der Waals surface area contributed by atoms with E-state index in [1.54, 1.807) is 23.7 Å². The Bertz CT molecular complexity index is 313. The molecule has 0 aliphatic carbocycles. The third kappa shape index (κ3) is 7.59. The van der Waals surface area contributed by atoms with Crippen molar-refractivity contribution in [2.75, 3.05) is 25.6 Å². The van der Waals surface area contributed by atoms with Gasteiger partial charge in [0.2, 0.25) is 5.91 Å². The Balaban J connectivity index is 4.42. The predicted octanol–water partition coefficient (Wildman–Crippen LogP) is 0.608. The highest BCUT2D eigenvalue weighted by molar-refractivity contribution is 7.98. The monoisotopic (exact) mass is 304 g/mol. The second-order valence-electron chi connectivity index (χ2n) is 5.30. The number of amides is 3. The first kappa shape index (κ1) is 19.1. The van der Waals surface area contributed by atoms with Crippen molar-refractivity contribution >= 4 is 23.7 Å². The van der Waals surface area contributed by atoms with Gasteiger partial charge in [-0.1, -0.05) is 13.8 Å². The Morgan fingerprint density at radius 2 is 1.90 bits per heavy atom. The van der Waals surface area contributed by atoms with Crippen LogP contribution in [0.3, 0.4) is 0 Å². The van der Waals surface area contributed by atoms with Crippen LogP contribution in [0.5, 0.6) is 0 Å².